The van der Waals surface area contributed by atoms with Gasteiger partial charge in [0.25, 0.3) is 0 Å². The lowest BCUT2D eigenvalue weighted by atomic mass is 10.1. The highest BCUT2D eigenvalue weighted by molar-refractivity contribution is 5.56. The summed E-state index contributed by atoms with van der Waals surface area (Å²) in [5, 5.41) is 16.6. The predicted octanol–water partition coefficient (Wildman–Crippen LogP) is 2.22. The molecule has 2 aromatic heterocycles. The largest absolute Gasteiger partial charge is 0.365 e. The van der Waals surface area contributed by atoms with Gasteiger partial charge in [-0.05, 0) is 32.4 Å². The lowest BCUT2D eigenvalue weighted by Gasteiger charge is -2.10. The molecule has 5 nitrogen and oxygen atoms in total. The molecule has 2 heterocycles. The van der Waals surface area contributed by atoms with Crippen molar-refractivity contribution in [2.75, 3.05) is 5.32 Å². The van der Waals surface area contributed by atoms with E-state index in [-0.39, 0.29) is 0 Å². The van der Waals surface area contributed by atoms with Crippen molar-refractivity contribution in [3.8, 4) is 6.07 Å². The summed E-state index contributed by atoms with van der Waals surface area (Å²) in [5.41, 5.74) is 4.66. The number of hydrogen-bond donors (Lipinski definition) is 1. The Balaban J connectivity index is 2.25. The zero-order chi connectivity index (χ0) is 14.0. The molecule has 19 heavy (non-hydrogen) atoms. The van der Waals surface area contributed by atoms with Crippen molar-refractivity contribution >= 4 is 5.82 Å². The van der Waals surface area contributed by atoms with Gasteiger partial charge in [-0.2, -0.15) is 10.4 Å². The van der Waals surface area contributed by atoms with Crippen LogP contribution < -0.4 is 5.32 Å². The van der Waals surface area contributed by atoms with Crippen LogP contribution in [0.15, 0.2) is 12.3 Å². The zero-order valence-corrected chi connectivity index (χ0v) is 11.7. The highest BCUT2D eigenvalue weighted by Gasteiger charge is 2.09. The van der Waals surface area contributed by atoms with Crippen molar-refractivity contribution in [2.24, 2.45) is 7.05 Å². The van der Waals surface area contributed by atoms with Crippen molar-refractivity contribution in [1.82, 2.24) is 14.8 Å². The molecule has 0 bridgehead atoms. The Morgan fingerprint density at radius 3 is 2.68 bits per heavy atom. The van der Waals surface area contributed by atoms with E-state index in [2.05, 4.69) is 21.5 Å². The highest BCUT2D eigenvalue weighted by Crippen LogP contribution is 2.18. The number of aryl methyl sites for hydroxylation is 3. The maximum atomic E-state index is 9.20. The first-order chi connectivity index (χ1) is 9.02. The van der Waals surface area contributed by atoms with Gasteiger partial charge in [0.15, 0.2) is 0 Å². The van der Waals surface area contributed by atoms with Crippen molar-refractivity contribution in [3.63, 3.8) is 0 Å². The summed E-state index contributed by atoms with van der Waals surface area (Å²) >= 11 is 0. The molecule has 1 N–H and O–H groups in total. The van der Waals surface area contributed by atoms with E-state index in [0.29, 0.717) is 17.9 Å². The van der Waals surface area contributed by atoms with Crippen LogP contribution in [0, 0.1) is 32.1 Å². The van der Waals surface area contributed by atoms with Gasteiger partial charge in [-0.15, -0.1) is 0 Å². The SMILES string of the molecule is Cc1cc(C)c(C#N)c(NCc2cnn(C)c2C)n1. The minimum absolute atomic E-state index is 0.604. The second kappa shape index (κ2) is 5.11. The topological polar surface area (TPSA) is 66.5 Å². The summed E-state index contributed by atoms with van der Waals surface area (Å²) in [4.78, 5) is 4.40. The number of pyridine rings is 1. The zero-order valence-electron chi connectivity index (χ0n) is 11.7. The van der Waals surface area contributed by atoms with Gasteiger partial charge < -0.3 is 5.32 Å². The van der Waals surface area contributed by atoms with Crippen molar-refractivity contribution in [1.29, 1.82) is 5.26 Å². The Bertz CT molecular complexity index is 649. The number of aromatic nitrogens is 3. The van der Waals surface area contributed by atoms with Gasteiger partial charge >= 0.3 is 0 Å². The van der Waals surface area contributed by atoms with Crippen LogP contribution in [0.4, 0.5) is 5.82 Å². The summed E-state index contributed by atoms with van der Waals surface area (Å²) < 4.78 is 1.83. The van der Waals surface area contributed by atoms with Crippen LogP contribution in [0.5, 0.6) is 0 Å². The Hall–Kier alpha value is -2.35. The van der Waals surface area contributed by atoms with Gasteiger partial charge in [0.05, 0.1) is 11.8 Å². The second-order valence-electron chi connectivity index (χ2n) is 4.65. The van der Waals surface area contributed by atoms with E-state index in [1.165, 1.54) is 0 Å². The molecule has 98 valence electrons. The molecular formula is C14H17N5. The minimum Gasteiger partial charge on any atom is -0.365 e. The van der Waals surface area contributed by atoms with Crippen LogP contribution in [0.2, 0.25) is 0 Å². The van der Waals surface area contributed by atoms with Crippen molar-refractivity contribution < 1.29 is 0 Å². The van der Waals surface area contributed by atoms with Crippen molar-refractivity contribution in [2.45, 2.75) is 27.3 Å². The Labute approximate surface area is 112 Å². The number of nitrogens with one attached hydrogen (secondary N) is 1. The van der Waals surface area contributed by atoms with Crippen LogP contribution >= 0.6 is 0 Å². The third-order valence-electron chi connectivity index (χ3n) is 3.24. The molecule has 0 unspecified atom stereocenters. The molecule has 0 aliphatic carbocycles. The molecule has 0 aromatic carbocycles. The minimum atomic E-state index is 0.604. The molecular weight excluding hydrogens is 238 g/mol. The van der Waals surface area contributed by atoms with E-state index in [0.717, 1.165) is 22.5 Å². The fourth-order valence-corrected chi connectivity index (χ4v) is 2.00. The average Bonchev–Trinajstić information content (AvgIpc) is 2.67. The van der Waals surface area contributed by atoms with E-state index in [1.807, 2.05) is 44.8 Å². The van der Waals surface area contributed by atoms with Crippen LogP contribution in [-0.4, -0.2) is 14.8 Å². The van der Waals surface area contributed by atoms with Crippen LogP contribution in [-0.2, 0) is 13.6 Å². The van der Waals surface area contributed by atoms with Gasteiger partial charge in [0.2, 0.25) is 0 Å². The first kappa shape index (κ1) is 13.1. The molecule has 0 saturated heterocycles. The smallest absolute Gasteiger partial charge is 0.144 e. The third-order valence-corrected chi connectivity index (χ3v) is 3.24. The van der Waals surface area contributed by atoms with E-state index in [4.69, 9.17) is 0 Å². The first-order valence-electron chi connectivity index (χ1n) is 6.12. The Kier molecular flexibility index (Phi) is 3.52. The van der Waals surface area contributed by atoms with Crippen LogP contribution in [0.25, 0.3) is 0 Å². The number of nitriles is 1. The fourth-order valence-electron chi connectivity index (χ4n) is 2.00. The molecule has 0 amide bonds. The first-order valence-corrected chi connectivity index (χ1v) is 6.12. The molecule has 0 aliphatic heterocycles. The van der Waals surface area contributed by atoms with E-state index >= 15 is 0 Å². The number of anilines is 1. The molecule has 0 spiro atoms. The fraction of sp³-hybridized carbons (Fsp3) is 0.357. The summed E-state index contributed by atoms with van der Waals surface area (Å²) in [5.74, 6) is 0.642. The summed E-state index contributed by atoms with van der Waals surface area (Å²) in [6.45, 7) is 6.48. The molecule has 0 aliphatic rings. The van der Waals surface area contributed by atoms with Gasteiger partial charge in [0.1, 0.15) is 11.9 Å². The number of rotatable bonds is 3. The van der Waals surface area contributed by atoms with Crippen LogP contribution in [0.1, 0.15) is 28.1 Å². The normalized spacial score (nSPS) is 10.3. The molecule has 0 radical (unpaired) electrons. The molecule has 5 heteroatoms. The molecule has 0 fully saturated rings. The summed E-state index contributed by atoms with van der Waals surface area (Å²) in [7, 11) is 1.91. The van der Waals surface area contributed by atoms with E-state index in [1.54, 1.807) is 0 Å². The molecule has 0 atom stereocenters. The van der Waals surface area contributed by atoms with Crippen LogP contribution in [0.3, 0.4) is 0 Å². The molecule has 2 aromatic rings. The lowest BCUT2D eigenvalue weighted by Crippen LogP contribution is -2.06. The molecule has 0 saturated carbocycles. The maximum absolute atomic E-state index is 9.20. The predicted molar refractivity (Wildman–Crippen MR) is 73.7 cm³/mol. The summed E-state index contributed by atoms with van der Waals surface area (Å²) in [6, 6.07) is 4.12. The van der Waals surface area contributed by atoms with Crippen molar-refractivity contribution in [3.05, 3.63) is 40.3 Å². The standard InChI is InChI=1S/C14H17N5/c1-9-5-10(2)18-14(13(9)6-15)16-7-12-8-17-19(4)11(12)3/h5,8H,7H2,1-4H3,(H,16,18). The maximum Gasteiger partial charge on any atom is 0.144 e. The monoisotopic (exact) mass is 255 g/mol. The third kappa shape index (κ3) is 2.58. The quantitative estimate of drug-likeness (QED) is 0.913. The van der Waals surface area contributed by atoms with Gasteiger partial charge in [-0.1, -0.05) is 0 Å². The van der Waals surface area contributed by atoms with Gasteiger partial charge in [-0.3, -0.25) is 4.68 Å². The lowest BCUT2D eigenvalue weighted by molar-refractivity contribution is 0.738. The second-order valence-corrected chi connectivity index (χ2v) is 4.65. The molecule has 2 rings (SSSR count). The van der Waals surface area contributed by atoms with Gasteiger partial charge in [0, 0.05) is 30.5 Å². The number of nitrogens with zero attached hydrogens (tertiary/aromatic N) is 4. The highest BCUT2D eigenvalue weighted by atomic mass is 15.3. The average molecular weight is 255 g/mol. The summed E-state index contributed by atoms with van der Waals surface area (Å²) in [6.07, 6.45) is 1.83. The Morgan fingerprint density at radius 1 is 1.37 bits per heavy atom. The van der Waals surface area contributed by atoms with Gasteiger partial charge in [-0.25, -0.2) is 4.98 Å². The number of hydrogen-bond acceptors (Lipinski definition) is 4. The Morgan fingerprint density at radius 2 is 2.11 bits per heavy atom. The van der Waals surface area contributed by atoms with E-state index < -0.39 is 0 Å². The van der Waals surface area contributed by atoms with E-state index in [9.17, 15) is 5.26 Å².